The van der Waals surface area contributed by atoms with E-state index in [1.807, 2.05) is 43.0 Å². The Morgan fingerprint density at radius 3 is 2.81 bits per heavy atom. The number of amides is 1. The van der Waals surface area contributed by atoms with E-state index < -0.39 is 0 Å². The first-order valence-corrected chi connectivity index (χ1v) is 11.3. The highest BCUT2D eigenvalue weighted by Crippen LogP contribution is 2.28. The van der Waals surface area contributed by atoms with Crippen molar-refractivity contribution in [1.29, 1.82) is 0 Å². The van der Waals surface area contributed by atoms with Gasteiger partial charge in [0.15, 0.2) is 5.96 Å². The molecule has 1 aromatic carbocycles. The van der Waals surface area contributed by atoms with Crippen LogP contribution in [0.25, 0.3) is 0 Å². The third-order valence-corrected chi connectivity index (χ3v) is 6.10. The van der Waals surface area contributed by atoms with Gasteiger partial charge in [0.2, 0.25) is 0 Å². The van der Waals surface area contributed by atoms with E-state index in [1.54, 1.807) is 0 Å². The molecule has 2 rings (SSSR count). The lowest BCUT2D eigenvalue weighted by molar-refractivity contribution is 0.0939. The van der Waals surface area contributed by atoms with Gasteiger partial charge in [-0.05, 0) is 63.5 Å². The van der Waals surface area contributed by atoms with Gasteiger partial charge in [0.1, 0.15) is 0 Å². The molecule has 1 aliphatic carbocycles. The zero-order chi connectivity index (χ0) is 19.6. The number of benzene rings is 1. The van der Waals surface area contributed by atoms with Crippen molar-refractivity contribution in [3.63, 3.8) is 0 Å². The van der Waals surface area contributed by atoms with E-state index in [4.69, 9.17) is 4.99 Å². The van der Waals surface area contributed by atoms with Gasteiger partial charge >= 0.3 is 0 Å². The zero-order valence-corrected chi connectivity index (χ0v) is 17.9. The van der Waals surface area contributed by atoms with E-state index in [1.165, 1.54) is 19.3 Å². The van der Waals surface area contributed by atoms with Gasteiger partial charge in [-0.25, -0.2) is 4.99 Å². The number of hydrogen-bond acceptors (Lipinski definition) is 3. The van der Waals surface area contributed by atoms with Crippen molar-refractivity contribution in [3.8, 4) is 0 Å². The fourth-order valence-electron chi connectivity index (χ4n) is 3.19. The second kappa shape index (κ2) is 11.2. The van der Waals surface area contributed by atoms with Crippen molar-refractivity contribution in [2.75, 3.05) is 12.8 Å². The smallest absolute Gasteiger partial charge is 0.251 e. The lowest BCUT2D eigenvalue weighted by atomic mass is 10.1. The Balaban J connectivity index is 1.98. The molecular formula is C21H34N4OS. The van der Waals surface area contributed by atoms with Crippen molar-refractivity contribution in [2.24, 2.45) is 4.99 Å². The number of hydrogen-bond donors (Lipinski definition) is 3. The number of rotatable bonds is 8. The van der Waals surface area contributed by atoms with Gasteiger partial charge in [0.25, 0.3) is 5.91 Å². The highest BCUT2D eigenvalue weighted by molar-refractivity contribution is 7.99. The van der Waals surface area contributed by atoms with E-state index in [-0.39, 0.29) is 11.9 Å². The second-order valence-electron chi connectivity index (χ2n) is 7.19. The van der Waals surface area contributed by atoms with Gasteiger partial charge in [-0.15, -0.1) is 0 Å². The Bertz CT molecular complexity index is 634. The first-order chi connectivity index (χ1) is 13.0. The molecule has 0 saturated heterocycles. The minimum atomic E-state index is -0.0192. The Hall–Kier alpha value is -1.69. The largest absolute Gasteiger partial charge is 0.357 e. The molecule has 1 fully saturated rings. The van der Waals surface area contributed by atoms with Crippen LogP contribution in [0.4, 0.5) is 0 Å². The van der Waals surface area contributed by atoms with Gasteiger partial charge < -0.3 is 16.0 Å². The number of nitrogens with zero attached hydrogens (tertiary/aromatic N) is 1. The molecule has 6 heteroatoms. The van der Waals surface area contributed by atoms with Crippen molar-refractivity contribution >= 4 is 23.6 Å². The molecule has 3 N–H and O–H groups in total. The number of carbonyl (C=O) groups is 1. The Morgan fingerprint density at radius 1 is 1.33 bits per heavy atom. The van der Waals surface area contributed by atoms with Crippen LogP contribution >= 0.6 is 11.8 Å². The van der Waals surface area contributed by atoms with Crippen molar-refractivity contribution in [1.82, 2.24) is 16.0 Å². The number of guanidine groups is 1. The topological polar surface area (TPSA) is 65.5 Å². The Kier molecular flexibility index (Phi) is 8.98. The van der Waals surface area contributed by atoms with E-state index >= 15 is 0 Å². The van der Waals surface area contributed by atoms with Crippen molar-refractivity contribution in [2.45, 2.75) is 70.3 Å². The SMILES string of the molecule is CCNC(=NCc1cccc(C(=O)NC(C)CC)c1)NC1CCC(SC)C1. The average Bonchev–Trinajstić information content (AvgIpc) is 3.14. The molecule has 0 spiro atoms. The van der Waals surface area contributed by atoms with Crippen LogP contribution in [0.15, 0.2) is 29.3 Å². The second-order valence-corrected chi connectivity index (χ2v) is 8.33. The summed E-state index contributed by atoms with van der Waals surface area (Å²) < 4.78 is 0. The van der Waals surface area contributed by atoms with Crippen molar-refractivity contribution < 1.29 is 4.79 Å². The molecule has 150 valence electrons. The predicted molar refractivity (Wildman–Crippen MR) is 117 cm³/mol. The third-order valence-electron chi connectivity index (χ3n) is 5.00. The highest BCUT2D eigenvalue weighted by Gasteiger charge is 2.24. The van der Waals surface area contributed by atoms with Crippen molar-refractivity contribution in [3.05, 3.63) is 35.4 Å². The minimum Gasteiger partial charge on any atom is -0.357 e. The summed E-state index contributed by atoms with van der Waals surface area (Å²) in [6.07, 6.45) is 6.77. The molecule has 27 heavy (non-hydrogen) atoms. The molecule has 5 nitrogen and oxygen atoms in total. The molecule has 0 aliphatic heterocycles. The molecule has 1 saturated carbocycles. The summed E-state index contributed by atoms with van der Waals surface area (Å²) >= 11 is 1.96. The summed E-state index contributed by atoms with van der Waals surface area (Å²) in [6, 6.07) is 8.41. The maximum atomic E-state index is 12.3. The Morgan fingerprint density at radius 2 is 2.15 bits per heavy atom. The fourth-order valence-corrected chi connectivity index (χ4v) is 3.99. The van der Waals surface area contributed by atoms with Gasteiger partial charge in [-0.3, -0.25) is 4.79 Å². The number of aliphatic imine (C=N–C) groups is 1. The number of carbonyl (C=O) groups excluding carboxylic acids is 1. The summed E-state index contributed by atoms with van der Waals surface area (Å²) in [5, 5.41) is 10.7. The molecular weight excluding hydrogens is 356 g/mol. The van der Waals surface area contributed by atoms with Crippen LogP contribution in [-0.4, -0.2) is 42.0 Å². The van der Waals surface area contributed by atoms with Gasteiger partial charge in [0.05, 0.1) is 6.54 Å². The van der Waals surface area contributed by atoms with E-state index in [2.05, 4.69) is 36.1 Å². The summed E-state index contributed by atoms with van der Waals surface area (Å²) in [4.78, 5) is 17.1. The maximum absolute atomic E-state index is 12.3. The fraction of sp³-hybridized carbons (Fsp3) is 0.619. The Labute approximate surface area is 168 Å². The van der Waals surface area contributed by atoms with E-state index in [0.29, 0.717) is 18.2 Å². The minimum absolute atomic E-state index is 0.0192. The van der Waals surface area contributed by atoms with Crippen LogP contribution in [-0.2, 0) is 6.54 Å². The quantitative estimate of drug-likeness (QED) is 0.469. The van der Waals surface area contributed by atoms with Crippen LogP contribution in [0.1, 0.15) is 62.4 Å². The zero-order valence-electron chi connectivity index (χ0n) is 17.0. The van der Waals surface area contributed by atoms with Crippen LogP contribution in [0.3, 0.4) is 0 Å². The molecule has 0 heterocycles. The molecule has 0 radical (unpaired) electrons. The molecule has 3 atom stereocenters. The first-order valence-electron chi connectivity index (χ1n) is 10.0. The lowest BCUT2D eigenvalue weighted by Gasteiger charge is -2.17. The summed E-state index contributed by atoms with van der Waals surface area (Å²) in [6.45, 7) is 7.55. The monoisotopic (exact) mass is 390 g/mol. The summed E-state index contributed by atoms with van der Waals surface area (Å²) in [5.41, 5.74) is 1.73. The molecule has 0 aromatic heterocycles. The van der Waals surface area contributed by atoms with Crippen LogP contribution in [0.2, 0.25) is 0 Å². The lowest BCUT2D eigenvalue weighted by Crippen LogP contribution is -2.42. The highest BCUT2D eigenvalue weighted by atomic mass is 32.2. The molecule has 3 unspecified atom stereocenters. The number of thioether (sulfide) groups is 1. The normalized spacial score (nSPS) is 21.0. The van der Waals surface area contributed by atoms with E-state index in [9.17, 15) is 4.79 Å². The maximum Gasteiger partial charge on any atom is 0.251 e. The molecule has 0 bridgehead atoms. The van der Waals surface area contributed by atoms with Gasteiger partial charge in [-0.1, -0.05) is 19.1 Å². The summed E-state index contributed by atoms with van der Waals surface area (Å²) in [7, 11) is 0. The average molecular weight is 391 g/mol. The van der Waals surface area contributed by atoms with Crippen LogP contribution in [0, 0.1) is 0 Å². The number of nitrogens with one attached hydrogen (secondary N) is 3. The predicted octanol–water partition coefficient (Wildman–Crippen LogP) is 3.55. The first kappa shape index (κ1) is 21.6. The third kappa shape index (κ3) is 7.09. The van der Waals surface area contributed by atoms with Gasteiger partial charge in [-0.2, -0.15) is 11.8 Å². The van der Waals surface area contributed by atoms with Crippen LogP contribution in [0.5, 0.6) is 0 Å². The standard InChI is InChI=1S/C21H34N4OS/c1-5-15(3)24-20(26)17-9-7-8-16(12-17)14-23-21(22-6-2)25-18-10-11-19(13-18)27-4/h7-9,12,15,18-19H,5-6,10-11,13-14H2,1-4H3,(H,24,26)(H2,22,23,25). The molecule has 1 aliphatic rings. The van der Waals surface area contributed by atoms with E-state index in [0.717, 1.165) is 29.7 Å². The van der Waals surface area contributed by atoms with Crippen LogP contribution < -0.4 is 16.0 Å². The molecule has 1 amide bonds. The van der Waals surface area contributed by atoms with Gasteiger partial charge in [0, 0.05) is 29.4 Å². The molecule has 1 aromatic rings. The summed E-state index contributed by atoms with van der Waals surface area (Å²) in [5.74, 6) is 0.841.